The Morgan fingerprint density at radius 1 is 1.42 bits per heavy atom. The molecule has 0 atom stereocenters. The Labute approximate surface area is 123 Å². The van der Waals surface area contributed by atoms with Gasteiger partial charge in [-0.25, -0.2) is 0 Å². The summed E-state index contributed by atoms with van der Waals surface area (Å²) in [5.74, 6) is 0.0835. The second-order valence-electron chi connectivity index (χ2n) is 4.89. The fraction of sp³-hybridized carbons (Fsp3) is 0.643. The molecule has 0 spiro atoms. The van der Waals surface area contributed by atoms with Gasteiger partial charge in [-0.15, -0.1) is 11.3 Å². The highest BCUT2D eigenvalue weighted by atomic mass is 35.5. The molecule has 1 fully saturated rings. The molecule has 0 bridgehead atoms. The van der Waals surface area contributed by atoms with Gasteiger partial charge in [0.1, 0.15) is 0 Å². The maximum Gasteiger partial charge on any atom is 0.308 e. The first-order chi connectivity index (χ1) is 9.19. The van der Waals surface area contributed by atoms with Crippen molar-refractivity contribution in [2.75, 3.05) is 6.61 Å². The van der Waals surface area contributed by atoms with Gasteiger partial charge in [0.05, 0.1) is 16.9 Å². The van der Waals surface area contributed by atoms with E-state index in [1.807, 2.05) is 13.0 Å². The fourth-order valence-electron chi connectivity index (χ4n) is 2.49. The average molecular weight is 302 g/mol. The molecule has 2 rings (SSSR count). The van der Waals surface area contributed by atoms with E-state index < -0.39 is 0 Å². The summed E-state index contributed by atoms with van der Waals surface area (Å²) in [5.41, 5.74) is 0. The number of ether oxygens (including phenoxy) is 1. The van der Waals surface area contributed by atoms with E-state index in [0.29, 0.717) is 12.6 Å². The number of carbonyl (C=O) groups excluding carboxylic acids is 1. The molecule has 1 aromatic rings. The minimum atomic E-state index is -0.0222. The highest BCUT2D eigenvalue weighted by Gasteiger charge is 2.26. The maximum absolute atomic E-state index is 11.6. The van der Waals surface area contributed by atoms with Gasteiger partial charge in [-0.1, -0.05) is 11.6 Å². The summed E-state index contributed by atoms with van der Waals surface area (Å²) in [6.07, 6.45) is 3.95. The first-order valence-corrected chi connectivity index (χ1v) is 8.02. The monoisotopic (exact) mass is 301 g/mol. The number of hydrogen-bond acceptors (Lipinski definition) is 4. The summed E-state index contributed by atoms with van der Waals surface area (Å²) in [7, 11) is 0. The first-order valence-electron chi connectivity index (χ1n) is 6.83. The predicted octanol–water partition coefficient (Wildman–Crippen LogP) is 3.61. The van der Waals surface area contributed by atoms with Crippen LogP contribution in [0.2, 0.25) is 4.34 Å². The number of thiophene rings is 1. The van der Waals surface area contributed by atoms with Gasteiger partial charge in [0.15, 0.2) is 0 Å². The Balaban J connectivity index is 1.70. The van der Waals surface area contributed by atoms with Crippen molar-refractivity contribution in [3.05, 3.63) is 21.3 Å². The van der Waals surface area contributed by atoms with Gasteiger partial charge >= 0.3 is 5.97 Å². The summed E-state index contributed by atoms with van der Waals surface area (Å²) in [4.78, 5) is 12.9. The molecule has 0 amide bonds. The number of carbonyl (C=O) groups is 1. The van der Waals surface area contributed by atoms with Crippen LogP contribution in [0.3, 0.4) is 0 Å². The molecule has 0 aliphatic heterocycles. The van der Waals surface area contributed by atoms with Crippen LogP contribution in [0.15, 0.2) is 12.1 Å². The van der Waals surface area contributed by atoms with E-state index >= 15 is 0 Å². The summed E-state index contributed by atoms with van der Waals surface area (Å²) < 4.78 is 5.91. The summed E-state index contributed by atoms with van der Waals surface area (Å²) in [6, 6.07) is 4.50. The number of rotatable bonds is 5. The van der Waals surface area contributed by atoms with E-state index in [4.69, 9.17) is 16.3 Å². The maximum atomic E-state index is 11.6. The number of hydrogen-bond donors (Lipinski definition) is 1. The number of esters is 1. The molecular weight excluding hydrogens is 282 g/mol. The Kier molecular flexibility index (Phi) is 5.67. The van der Waals surface area contributed by atoms with Crippen molar-refractivity contribution in [1.82, 2.24) is 5.32 Å². The van der Waals surface area contributed by atoms with Crippen LogP contribution < -0.4 is 5.32 Å². The third-order valence-electron chi connectivity index (χ3n) is 3.54. The van der Waals surface area contributed by atoms with Crippen LogP contribution in [-0.2, 0) is 16.1 Å². The minimum Gasteiger partial charge on any atom is -0.466 e. The smallest absolute Gasteiger partial charge is 0.308 e. The van der Waals surface area contributed by atoms with Crippen molar-refractivity contribution in [1.29, 1.82) is 0 Å². The van der Waals surface area contributed by atoms with Crippen LogP contribution in [-0.4, -0.2) is 18.6 Å². The molecule has 1 N–H and O–H groups in total. The zero-order valence-corrected chi connectivity index (χ0v) is 12.7. The molecule has 3 nitrogen and oxygen atoms in total. The Morgan fingerprint density at radius 3 is 2.74 bits per heavy atom. The van der Waals surface area contributed by atoms with E-state index in [-0.39, 0.29) is 11.9 Å². The molecule has 1 aliphatic carbocycles. The molecule has 106 valence electrons. The molecule has 1 aromatic heterocycles. The van der Waals surface area contributed by atoms with Gasteiger partial charge in [0, 0.05) is 17.5 Å². The average Bonchev–Trinajstić information content (AvgIpc) is 2.83. The van der Waals surface area contributed by atoms with Crippen LogP contribution >= 0.6 is 22.9 Å². The number of nitrogens with one attached hydrogen (secondary N) is 1. The number of halogens is 1. The third kappa shape index (κ3) is 4.48. The predicted molar refractivity (Wildman–Crippen MR) is 78.5 cm³/mol. The van der Waals surface area contributed by atoms with Gasteiger partial charge in [-0.05, 0) is 44.7 Å². The lowest BCUT2D eigenvalue weighted by molar-refractivity contribution is -0.149. The second kappa shape index (κ2) is 7.27. The van der Waals surface area contributed by atoms with Crippen molar-refractivity contribution in [3.63, 3.8) is 0 Å². The zero-order chi connectivity index (χ0) is 13.7. The van der Waals surface area contributed by atoms with Gasteiger partial charge < -0.3 is 10.1 Å². The highest BCUT2D eigenvalue weighted by Crippen LogP contribution is 2.26. The van der Waals surface area contributed by atoms with Crippen molar-refractivity contribution >= 4 is 28.9 Å². The van der Waals surface area contributed by atoms with E-state index in [2.05, 4.69) is 11.4 Å². The molecule has 0 unspecified atom stereocenters. The van der Waals surface area contributed by atoms with E-state index in [0.717, 1.165) is 36.6 Å². The standard InChI is InChI=1S/C14H20ClNO2S/c1-2-18-14(17)10-3-5-11(6-4-10)16-9-12-7-8-13(15)19-12/h7-8,10-11,16H,2-6,9H2,1H3. The first kappa shape index (κ1) is 14.8. The second-order valence-corrected chi connectivity index (χ2v) is 6.69. The Morgan fingerprint density at radius 2 is 2.16 bits per heavy atom. The lowest BCUT2D eigenvalue weighted by Crippen LogP contribution is -2.34. The highest BCUT2D eigenvalue weighted by molar-refractivity contribution is 7.16. The van der Waals surface area contributed by atoms with Crippen LogP contribution in [0, 0.1) is 5.92 Å². The normalized spacial score (nSPS) is 23.3. The van der Waals surface area contributed by atoms with Crippen LogP contribution in [0.5, 0.6) is 0 Å². The molecule has 1 aliphatic rings. The molecule has 1 heterocycles. The molecule has 0 radical (unpaired) electrons. The summed E-state index contributed by atoms with van der Waals surface area (Å²) >= 11 is 7.52. The lowest BCUT2D eigenvalue weighted by atomic mass is 9.86. The quantitative estimate of drug-likeness (QED) is 0.844. The molecule has 19 heavy (non-hydrogen) atoms. The largest absolute Gasteiger partial charge is 0.466 e. The van der Waals surface area contributed by atoms with Gasteiger partial charge in [-0.2, -0.15) is 0 Å². The molecule has 0 aromatic carbocycles. The zero-order valence-electron chi connectivity index (χ0n) is 11.2. The fourth-order valence-corrected chi connectivity index (χ4v) is 3.52. The van der Waals surface area contributed by atoms with Crippen molar-refractivity contribution < 1.29 is 9.53 Å². The SMILES string of the molecule is CCOC(=O)C1CCC(NCc2ccc(Cl)s2)CC1. The van der Waals surface area contributed by atoms with Crippen LogP contribution in [0.1, 0.15) is 37.5 Å². The lowest BCUT2D eigenvalue weighted by Gasteiger charge is -2.27. The van der Waals surface area contributed by atoms with Crippen molar-refractivity contribution in [2.45, 2.75) is 45.2 Å². The molecule has 5 heteroatoms. The van der Waals surface area contributed by atoms with Crippen molar-refractivity contribution in [3.8, 4) is 0 Å². The van der Waals surface area contributed by atoms with E-state index in [1.165, 1.54) is 4.88 Å². The van der Waals surface area contributed by atoms with Gasteiger partial charge in [0.2, 0.25) is 0 Å². The van der Waals surface area contributed by atoms with Gasteiger partial charge in [0.25, 0.3) is 0 Å². The third-order valence-corrected chi connectivity index (χ3v) is 4.77. The van der Waals surface area contributed by atoms with Gasteiger partial charge in [-0.3, -0.25) is 4.79 Å². The Bertz CT molecular complexity index is 413. The molecule has 1 saturated carbocycles. The van der Waals surface area contributed by atoms with Crippen LogP contribution in [0.25, 0.3) is 0 Å². The summed E-state index contributed by atoms with van der Waals surface area (Å²) in [6.45, 7) is 3.21. The molecular formula is C14H20ClNO2S. The van der Waals surface area contributed by atoms with E-state index in [9.17, 15) is 4.79 Å². The Hall–Kier alpha value is -0.580. The van der Waals surface area contributed by atoms with E-state index in [1.54, 1.807) is 11.3 Å². The molecule has 0 saturated heterocycles. The minimum absolute atomic E-state index is 0.0222. The summed E-state index contributed by atoms with van der Waals surface area (Å²) in [5, 5.41) is 3.54. The topological polar surface area (TPSA) is 38.3 Å². The van der Waals surface area contributed by atoms with Crippen LogP contribution in [0.4, 0.5) is 0 Å². The van der Waals surface area contributed by atoms with Crippen molar-refractivity contribution in [2.24, 2.45) is 5.92 Å².